The molecule has 0 atom stereocenters. The van der Waals surface area contributed by atoms with E-state index in [9.17, 15) is 0 Å². The van der Waals surface area contributed by atoms with Crippen LogP contribution < -0.4 is 14.5 Å². The summed E-state index contributed by atoms with van der Waals surface area (Å²) in [5.41, 5.74) is 1.93. The summed E-state index contributed by atoms with van der Waals surface area (Å²) in [7, 11) is 1.66. The minimum atomic E-state index is 0.717. The normalized spacial score (nSPS) is 15.0. The van der Waals surface area contributed by atoms with E-state index in [1.807, 2.05) is 30.3 Å². The summed E-state index contributed by atoms with van der Waals surface area (Å²) in [6.45, 7) is 3.60. The molecule has 130 valence electrons. The van der Waals surface area contributed by atoms with E-state index in [4.69, 9.17) is 32.9 Å². The Balaban J connectivity index is 1.56. The maximum absolute atomic E-state index is 6.33. The summed E-state index contributed by atoms with van der Waals surface area (Å²) in [5, 5.41) is 2.50. The number of nitrogens with zero attached hydrogens (tertiary/aromatic N) is 3. The van der Waals surface area contributed by atoms with Crippen molar-refractivity contribution in [2.24, 2.45) is 0 Å². The fourth-order valence-electron chi connectivity index (χ4n) is 3.09. The van der Waals surface area contributed by atoms with Gasteiger partial charge in [-0.1, -0.05) is 46.7 Å². The molecule has 25 heavy (non-hydrogen) atoms. The number of hydrogen-bond donors (Lipinski definition) is 0. The molecule has 0 aliphatic carbocycles. The molecule has 1 saturated heterocycles. The van der Waals surface area contributed by atoms with E-state index in [1.54, 1.807) is 18.4 Å². The number of methoxy groups -OCH3 is 1. The Morgan fingerprint density at radius 1 is 0.960 bits per heavy atom. The first kappa shape index (κ1) is 16.8. The van der Waals surface area contributed by atoms with Gasteiger partial charge in [0.1, 0.15) is 11.3 Å². The van der Waals surface area contributed by atoms with Gasteiger partial charge in [-0.05, 0) is 24.3 Å². The van der Waals surface area contributed by atoms with Crippen LogP contribution >= 0.6 is 34.5 Å². The SMILES string of the molecule is COc1ccc(Cl)c2sc(N3CCN(c4ccccc4Cl)CC3)nc12. The van der Waals surface area contributed by atoms with E-state index in [0.717, 1.165) is 58.0 Å². The number of thiazole rings is 1. The number of piperazine rings is 1. The van der Waals surface area contributed by atoms with Gasteiger partial charge in [0, 0.05) is 26.2 Å². The highest BCUT2D eigenvalue weighted by Crippen LogP contribution is 2.39. The maximum atomic E-state index is 6.33. The third kappa shape index (κ3) is 3.12. The smallest absolute Gasteiger partial charge is 0.186 e. The molecule has 0 unspecified atom stereocenters. The minimum Gasteiger partial charge on any atom is -0.494 e. The van der Waals surface area contributed by atoms with Gasteiger partial charge in [-0.25, -0.2) is 4.98 Å². The van der Waals surface area contributed by atoms with Gasteiger partial charge in [0.05, 0.1) is 27.5 Å². The number of halogens is 2. The molecule has 2 aromatic carbocycles. The minimum absolute atomic E-state index is 0.717. The molecule has 4 rings (SSSR count). The van der Waals surface area contributed by atoms with Gasteiger partial charge >= 0.3 is 0 Å². The zero-order chi connectivity index (χ0) is 17.4. The van der Waals surface area contributed by atoms with Crippen LogP contribution in [0.5, 0.6) is 5.75 Å². The topological polar surface area (TPSA) is 28.6 Å². The van der Waals surface area contributed by atoms with E-state index in [-0.39, 0.29) is 0 Å². The average Bonchev–Trinajstić information content (AvgIpc) is 3.09. The van der Waals surface area contributed by atoms with Crippen molar-refractivity contribution < 1.29 is 4.74 Å². The van der Waals surface area contributed by atoms with Gasteiger partial charge in [0.2, 0.25) is 0 Å². The van der Waals surface area contributed by atoms with Crippen molar-refractivity contribution in [1.82, 2.24) is 4.98 Å². The summed E-state index contributed by atoms with van der Waals surface area (Å²) in [5.74, 6) is 0.761. The summed E-state index contributed by atoms with van der Waals surface area (Å²) in [6, 6.07) is 11.7. The van der Waals surface area contributed by atoms with Crippen LogP contribution in [0.4, 0.5) is 10.8 Å². The Morgan fingerprint density at radius 3 is 2.40 bits per heavy atom. The summed E-state index contributed by atoms with van der Waals surface area (Å²) in [4.78, 5) is 9.39. The highest BCUT2D eigenvalue weighted by molar-refractivity contribution is 7.22. The van der Waals surface area contributed by atoms with Crippen LogP contribution in [0.15, 0.2) is 36.4 Å². The average molecular weight is 394 g/mol. The lowest BCUT2D eigenvalue weighted by Crippen LogP contribution is -2.46. The molecule has 1 fully saturated rings. The number of anilines is 2. The standard InChI is InChI=1S/C18H17Cl2N3OS/c1-24-15-7-6-13(20)17-16(15)21-18(25-17)23-10-8-22(9-11-23)14-5-3-2-4-12(14)19/h2-7H,8-11H2,1H3. The lowest BCUT2D eigenvalue weighted by molar-refractivity contribution is 0.419. The second-order valence-corrected chi connectivity index (χ2v) is 7.64. The molecule has 0 amide bonds. The van der Waals surface area contributed by atoms with E-state index >= 15 is 0 Å². The predicted octanol–water partition coefficient (Wildman–Crippen LogP) is 4.94. The fraction of sp³-hybridized carbons (Fsp3) is 0.278. The first-order valence-electron chi connectivity index (χ1n) is 8.05. The fourth-order valence-corrected chi connectivity index (χ4v) is 4.65. The van der Waals surface area contributed by atoms with Crippen molar-refractivity contribution in [2.45, 2.75) is 0 Å². The molecule has 0 saturated carbocycles. The van der Waals surface area contributed by atoms with Gasteiger partial charge in [-0.15, -0.1) is 0 Å². The molecule has 0 radical (unpaired) electrons. The number of hydrogen-bond acceptors (Lipinski definition) is 5. The van der Waals surface area contributed by atoms with Crippen LogP contribution in [0.2, 0.25) is 10.0 Å². The van der Waals surface area contributed by atoms with Crippen molar-refractivity contribution in [3.63, 3.8) is 0 Å². The Morgan fingerprint density at radius 2 is 1.68 bits per heavy atom. The second kappa shape index (κ2) is 6.90. The maximum Gasteiger partial charge on any atom is 0.186 e. The van der Waals surface area contributed by atoms with Crippen molar-refractivity contribution in [1.29, 1.82) is 0 Å². The van der Waals surface area contributed by atoms with E-state index < -0.39 is 0 Å². The number of aromatic nitrogens is 1. The molecular formula is C18H17Cl2N3OS. The highest BCUT2D eigenvalue weighted by Gasteiger charge is 2.22. The second-order valence-electron chi connectivity index (χ2n) is 5.85. The third-order valence-corrected chi connectivity index (χ3v) is 6.31. The van der Waals surface area contributed by atoms with Crippen LogP contribution in [0.3, 0.4) is 0 Å². The van der Waals surface area contributed by atoms with Crippen LogP contribution in [0, 0.1) is 0 Å². The van der Waals surface area contributed by atoms with Gasteiger partial charge < -0.3 is 14.5 Å². The van der Waals surface area contributed by atoms with Crippen molar-refractivity contribution in [3.8, 4) is 5.75 Å². The van der Waals surface area contributed by atoms with Crippen LogP contribution in [0.25, 0.3) is 10.2 Å². The quantitative estimate of drug-likeness (QED) is 0.629. The molecule has 1 aromatic heterocycles. The van der Waals surface area contributed by atoms with Crippen LogP contribution in [-0.2, 0) is 0 Å². The van der Waals surface area contributed by atoms with Crippen LogP contribution in [0.1, 0.15) is 0 Å². The molecular weight excluding hydrogens is 377 g/mol. The highest BCUT2D eigenvalue weighted by atomic mass is 35.5. The molecule has 0 bridgehead atoms. The van der Waals surface area contributed by atoms with E-state index in [0.29, 0.717) is 5.02 Å². The summed E-state index contributed by atoms with van der Waals surface area (Å²) >= 11 is 14.3. The lowest BCUT2D eigenvalue weighted by Gasteiger charge is -2.36. The largest absolute Gasteiger partial charge is 0.494 e. The van der Waals surface area contributed by atoms with E-state index in [2.05, 4.69) is 15.9 Å². The number of para-hydroxylation sites is 1. The number of fused-ring (bicyclic) bond motifs is 1. The first-order chi connectivity index (χ1) is 12.2. The molecule has 1 aliphatic rings. The van der Waals surface area contributed by atoms with E-state index in [1.165, 1.54) is 0 Å². The molecule has 4 nitrogen and oxygen atoms in total. The van der Waals surface area contributed by atoms with Gasteiger partial charge in [0.15, 0.2) is 5.13 Å². The zero-order valence-corrected chi connectivity index (χ0v) is 16.0. The molecule has 2 heterocycles. The van der Waals surface area contributed by atoms with Gasteiger partial charge in [-0.2, -0.15) is 0 Å². The number of benzene rings is 2. The third-order valence-electron chi connectivity index (χ3n) is 4.41. The van der Waals surface area contributed by atoms with Crippen molar-refractivity contribution in [2.75, 3.05) is 43.1 Å². The van der Waals surface area contributed by atoms with Crippen molar-refractivity contribution in [3.05, 3.63) is 46.4 Å². The number of rotatable bonds is 3. The van der Waals surface area contributed by atoms with Crippen molar-refractivity contribution >= 4 is 55.6 Å². The first-order valence-corrected chi connectivity index (χ1v) is 9.62. The Hall–Kier alpha value is -1.69. The molecule has 0 N–H and O–H groups in total. The Bertz CT molecular complexity index is 906. The molecule has 3 aromatic rings. The van der Waals surface area contributed by atoms with Crippen LogP contribution in [-0.4, -0.2) is 38.3 Å². The molecule has 0 spiro atoms. The summed E-state index contributed by atoms with van der Waals surface area (Å²) in [6.07, 6.45) is 0. The van der Waals surface area contributed by atoms with Gasteiger partial charge in [-0.3, -0.25) is 0 Å². The predicted molar refractivity (Wildman–Crippen MR) is 107 cm³/mol. The summed E-state index contributed by atoms with van der Waals surface area (Å²) < 4.78 is 6.39. The molecule has 1 aliphatic heterocycles. The Labute approximate surface area is 160 Å². The number of ether oxygens (including phenoxy) is 1. The zero-order valence-electron chi connectivity index (χ0n) is 13.7. The molecule has 7 heteroatoms. The lowest BCUT2D eigenvalue weighted by atomic mass is 10.2. The van der Waals surface area contributed by atoms with Gasteiger partial charge in [0.25, 0.3) is 0 Å². The Kier molecular flexibility index (Phi) is 4.63. The monoisotopic (exact) mass is 393 g/mol.